The number of nitro groups is 1. The van der Waals surface area contributed by atoms with Crippen LogP contribution in [0, 0.1) is 16.0 Å². The van der Waals surface area contributed by atoms with Gasteiger partial charge in [-0.05, 0) is 31.5 Å². The van der Waals surface area contributed by atoms with Crippen molar-refractivity contribution in [2.75, 3.05) is 0 Å². The molecule has 1 aliphatic rings. The lowest BCUT2D eigenvalue weighted by atomic mass is 9.76. The lowest BCUT2D eigenvalue weighted by Gasteiger charge is -2.44. The molecule has 0 spiro atoms. The molecule has 25 heavy (non-hydrogen) atoms. The number of nitrogens with zero attached hydrogens (tertiary/aromatic N) is 1. The molecule has 9 heteroatoms. The standard InChI is InChI=1S/C16H18N2O7/c1-16(2,13-12(7-8-19)17-14(13)20)25-15(21)24-9-10-3-5-11(6-4-10)18(22)23/h3-6,8,12-13H,7,9H2,1-2H3,(H,17,20)/t12-,13+/m1/s1. The van der Waals surface area contributed by atoms with Gasteiger partial charge in [-0.25, -0.2) is 4.79 Å². The number of ether oxygens (including phenoxy) is 2. The monoisotopic (exact) mass is 350 g/mol. The van der Waals surface area contributed by atoms with Crippen LogP contribution in [0.25, 0.3) is 0 Å². The number of nitrogens with one attached hydrogen (secondary N) is 1. The van der Waals surface area contributed by atoms with E-state index in [1.807, 2.05) is 0 Å². The second kappa shape index (κ2) is 7.29. The minimum Gasteiger partial charge on any atom is -0.429 e. The molecule has 9 nitrogen and oxygen atoms in total. The van der Waals surface area contributed by atoms with Gasteiger partial charge in [0.05, 0.1) is 16.9 Å². The van der Waals surface area contributed by atoms with Crippen LogP contribution >= 0.6 is 0 Å². The molecule has 1 heterocycles. The average Bonchev–Trinajstić information content (AvgIpc) is 2.51. The molecule has 1 aromatic carbocycles. The third kappa shape index (κ3) is 4.31. The molecular formula is C16H18N2O7. The summed E-state index contributed by atoms with van der Waals surface area (Å²) in [6.07, 6.45) is -0.130. The van der Waals surface area contributed by atoms with E-state index in [9.17, 15) is 24.5 Å². The molecule has 134 valence electrons. The number of hydrogen-bond donors (Lipinski definition) is 1. The summed E-state index contributed by atoms with van der Waals surface area (Å²) in [7, 11) is 0. The van der Waals surface area contributed by atoms with Crippen molar-refractivity contribution in [1.82, 2.24) is 5.32 Å². The van der Waals surface area contributed by atoms with Gasteiger partial charge in [0.15, 0.2) is 0 Å². The summed E-state index contributed by atoms with van der Waals surface area (Å²) in [6, 6.07) is 5.17. The van der Waals surface area contributed by atoms with Gasteiger partial charge in [0.2, 0.25) is 5.91 Å². The molecule has 2 rings (SSSR count). The van der Waals surface area contributed by atoms with Crippen LogP contribution in [0.15, 0.2) is 24.3 Å². The first kappa shape index (κ1) is 18.4. The van der Waals surface area contributed by atoms with Crippen molar-refractivity contribution in [3.63, 3.8) is 0 Å². The fraction of sp³-hybridized carbons (Fsp3) is 0.438. The number of hydrogen-bond acceptors (Lipinski definition) is 7. The molecule has 2 atom stereocenters. The van der Waals surface area contributed by atoms with Crippen LogP contribution in [-0.2, 0) is 25.7 Å². The minimum absolute atomic E-state index is 0.0651. The summed E-state index contributed by atoms with van der Waals surface area (Å²) < 4.78 is 10.2. The van der Waals surface area contributed by atoms with Crippen LogP contribution in [0.2, 0.25) is 0 Å². The van der Waals surface area contributed by atoms with Crippen molar-refractivity contribution in [1.29, 1.82) is 0 Å². The molecule has 0 saturated carbocycles. The van der Waals surface area contributed by atoms with Gasteiger partial charge in [-0.15, -0.1) is 0 Å². The van der Waals surface area contributed by atoms with Crippen molar-refractivity contribution in [2.24, 2.45) is 5.92 Å². The van der Waals surface area contributed by atoms with Crippen LogP contribution < -0.4 is 5.32 Å². The van der Waals surface area contributed by atoms with E-state index in [4.69, 9.17) is 9.47 Å². The van der Waals surface area contributed by atoms with Gasteiger partial charge in [0.25, 0.3) is 5.69 Å². The highest BCUT2D eigenvalue weighted by molar-refractivity contribution is 5.88. The number of benzene rings is 1. The molecule has 1 amide bonds. The smallest absolute Gasteiger partial charge is 0.429 e. The van der Waals surface area contributed by atoms with Gasteiger partial charge < -0.3 is 19.6 Å². The van der Waals surface area contributed by atoms with E-state index in [0.29, 0.717) is 11.8 Å². The summed E-state index contributed by atoms with van der Waals surface area (Å²) in [5.41, 5.74) is -0.645. The first-order chi connectivity index (χ1) is 11.7. The van der Waals surface area contributed by atoms with Crippen LogP contribution in [0.3, 0.4) is 0 Å². The Hall–Kier alpha value is -2.97. The summed E-state index contributed by atoms with van der Waals surface area (Å²) in [5.74, 6) is -0.926. The Kier molecular flexibility index (Phi) is 5.35. The second-order valence-corrected chi connectivity index (χ2v) is 6.16. The number of aldehydes is 1. The van der Waals surface area contributed by atoms with E-state index in [2.05, 4.69) is 5.32 Å². The number of carbonyl (C=O) groups is 3. The molecule has 0 unspecified atom stereocenters. The van der Waals surface area contributed by atoms with E-state index in [1.54, 1.807) is 13.8 Å². The number of non-ortho nitro benzene ring substituents is 1. The third-order valence-corrected chi connectivity index (χ3v) is 3.96. The molecule has 0 bridgehead atoms. The maximum atomic E-state index is 11.9. The number of rotatable bonds is 7. The summed E-state index contributed by atoms with van der Waals surface area (Å²) in [5, 5.41) is 13.2. The zero-order valence-electron chi connectivity index (χ0n) is 13.8. The summed E-state index contributed by atoms with van der Waals surface area (Å²) >= 11 is 0. The van der Waals surface area contributed by atoms with E-state index >= 15 is 0 Å². The van der Waals surface area contributed by atoms with Gasteiger partial charge in [-0.1, -0.05) is 0 Å². The zero-order valence-corrected chi connectivity index (χ0v) is 13.8. The predicted octanol–water partition coefficient (Wildman–Crippen LogP) is 1.73. The molecule has 0 aromatic heterocycles. The Labute approximate surface area is 143 Å². The van der Waals surface area contributed by atoms with Crippen molar-refractivity contribution in [3.8, 4) is 0 Å². The normalized spacial score (nSPS) is 19.4. The largest absolute Gasteiger partial charge is 0.509 e. The highest BCUT2D eigenvalue weighted by Gasteiger charge is 2.51. The molecule has 1 saturated heterocycles. The van der Waals surface area contributed by atoms with Crippen LogP contribution in [0.4, 0.5) is 10.5 Å². The Morgan fingerprint density at radius 3 is 2.52 bits per heavy atom. The maximum absolute atomic E-state index is 11.9. The molecule has 1 N–H and O–H groups in total. The van der Waals surface area contributed by atoms with Crippen LogP contribution in [0.5, 0.6) is 0 Å². The average molecular weight is 350 g/mol. The van der Waals surface area contributed by atoms with Gasteiger partial charge in [0.1, 0.15) is 18.5 Å². The van der Waals surface area contributed by atoms with Gasteiger partial charge in [-0.3, -0.25) is 14.9 Å². The lowest BCUT2D eigenvalue weighted by Crippen LogP contribution is -2.66. The van der Waals surface area contributed by atoms with Crippen LogP contribution in [-0.4, -0.2) is 34.9 Å². The third-order valence-electron chi connectivity index (χ3n) is 3.96. The van der Waals surface area contributed by atoms with Gasteiger partial charge in [0, 0.05) is 18.6 Å². The van der Waals surface area contributed by atoms with Crippen LogP contribution in [0.1, 0.15) is 25.8 Å². The van der Waals surface area contributed by atoms with Gasteiger partial charge >= 0.3 is 6.16 Å². The number of β-lactam (4-membered cyclic amide) rings is 1. The van der Waals surface area contributed by atoms with E-state index in [-0.39, 0.29) is 30.7 Å². The Bertz CT molecular complexity index is 682. The Morgan fingerprint density at radius 2 is 2.00 bits per heavy atom. The molecule has 1 fully saturated rings. The molecule has 0 aliphatic carbocycles. The number of carbonyl (C=O) groups excluding carboxylic acids is 3. The summed E-state index contributed by atoms with van der Waals surface area (Å²) in [6.45, 7) is 3.02. The highest BCUT2D eigenvalue weighted by Crippen LogP contribution is 2.32. The van der Waals surface area contributed by atoms with Crippen molar-refractivity contribution >= 4 is 24.0 Å². The fourth-order valence-corrected chi connectivity index (χ4v) is 2.71. The number of amides is 1. The van der Waals surface area contributed by atoms with E-state index in [1.165, 1.54) is 24.3 Å². The molecular weight excluding hydrogens is 332 g/mol. The lowest BCUT2D eigenvalue weighted by molar-refractivity contribution is -0.384. The molecule has 0 radical (unpaired) electrons. The molecule has 1 aliphatic heterocycles. The first-order valence-corrected chi connectivity index (χ1v) is 7.57. The zero-order chi connectivity index (χ0) is 18.6. The quantitative estimate of drug-likeness (QED) is 0.261. The Morgan fingerprint density at radius 1 is 1.36 bits per heavy atom. The first-order valence-electron chi connectivity index (χ1n) is 7.57. The molecule has 1 aromatic rings. The van der Waals surface area contributed by atoms with Crippen molar-refractivity contribution < 1.29 is 28.8 Å². The topological polar surface area (TPSA) is 125 Å². The Balaban J connectivity index is 1.89. The van der Waals surface area contributed by atoms with Gasteiger partial charge in [-0.2, -0.15) is 0 Å². The second-order valence-electron chi connectivity index (χ2n) is 6.16. The van der Waals surface area contributed by atoms with Crippen molar-refractivity contribution in [3.05, 3.63) is 39.9 Å². The maximum Gasteiger partial charge on any atom is 0.509 e. The van der Waals surface area contributed by atoms with E-state index < -0.39 is 22.6 Å². The van der Waals surface area contributed by atoms with Crippen molar-refractivity contribution in [2.45, 2.75) is 38.5 Å². The highest BCUT2D eigenvalue weighted by atomic mass is 16.7. The summed E-state index contributed by atoms with van der Waals surface area (Å²) in [4.78, 5) is 44.2. The minimum atomic E-state index is -1.14. The predicted molar refractivity (Wildman–Crippen MR) is 84.5 cm³/mol. The van der Waals surface area contributed by atoms with E-state index in [0.717, 1.165) is 0 Å². The SMILES string of the molecule is CC(C)(OC(=O)OCc1ccc([N+](=O)[O-])cc1)[C@@H]1C(=O)N[C@@H]1CC=O. The number of nitro benzene ring substituents is 1. The fourth-order valence-electron chi connectivity index (χ4n) is 2.71.